The van der Waals surface area contributed by atoms with Crippen LogP contribution < -0.4 is 23.7 Å². The topological polar surface area (TPSA) is 38.0 Å². The Labute approximate surface area is 71.0 Å². The summed E-state index contributed by atoms with van der Waals surface area (Å²) >= 11 is 0. The number of anilines is 1. The maximum absolute atomic E-state index is 12.7. The summed E-state index contributed by atoms with van der Waals surface area (Å²) in [5.41, 5.74) is 3.57. The summed E-state index contributed by atoms with van der Waals surface area (Å²) in [6, 6.07) is 4.73. The Balaban J connectivity index is 0.000001000. The number of rotatable bonds is 1. The van der Waals surface area contributed by atoms with Gasteiger partial charge in [0.1, 0.15) is 5.82 Å². The van der Waals surface area contributed by atoms with Crippen LogP contribution in [0.5, 0.6) is 0 Å². The maximum Gasteiger partial charge on any atom is 0.128 e. The zero-order valence-corrected chi connectivity index (χ0v) is 6.82. The van der Waals surface area contributed by atoms with Gasteiger partial charge in [-0.1, -0.05) is 6.07 Å². The number of hydrazine groups is 1. The van der Waals surface area contributed by atoms with E-state index in [0.29, 0.717) is 11.3 Å². The van der Waals surface area contributed by atoms with E-state index in [0.717, 1.165) is 0 Å². The smallest absolute Gasteiger partial charge is 0.128 e. The molecule has 11 heavy (non-hydrogen) atoms. The minimum absolute atomic E-state index is 0. The van der Waals surface area contributed by atoms with E-state index in [1.165, 1.54) is 6.07 Å². The van der Waals surface area contributed by atoms with Crippen LogP contribution in [0.1, 0.15) is 5.56 Å². The lowest BCUT2D eigenvalue weighted by Gasteiger charge is -2.03. The highest BCUT2D eigenvalue weighted by atomic mass is 35.5. The average Bonchev–Trinajstić information content (AvgIpc) is 1.95. The highest BCUT2D eigenvalue weighted by Crippen LogP contribution is 2.15. The van der Waals surface area contributed by atoms with Crippen molar-refractivity contribution in [2.45, 2.75) is 6.92 Å². The minimum Gasteiger partial charge on any atom is -1.00 e. The van der Waals surface area contributed by atoms with Crippen LogP contribution in [-0.4, -0.2) is 0 Å². The van der Waals surface area contributed by atoms with Gasteiger partial charge in [-0.05, 0) is 19.1 Å². The predicted molar refractivity (Wildman–Crippen MR) is 38.9 cm³/mol. The molecule has 0 bridgehead atoms. The summed E-state index contributed by atoms with van der Waals surface area (Å²) in [6.07, 6.45) is 0. The predicted octanol–water partition coefficient (Wildman–Crippen LogP) is -1.58. The molecule has 0 saturated carbocycles. The summed E-state index contributed by atoms with van der Waals surface area (Å²) in [5.74, 6) is 4.86. The number of nitrogens with one attached hydrogen (secondary N) is 1. The standard InChI is InChI=1S/C7H9FN2.ClH/c1-5-6(8)3-2-4-7(5)10-9;/h2-4,10H,9H2,1H3;1H/p-1. The van der Waals surface area contributed by atoms with Crippen LogP contribution in [0, 0.1) is 12.7 Å². The van der Waals surface area contributed by atoms with Gasteiger partial charge in [0.25, 0.3) is 0 Å². The Kier molecular flexibility index (Phi) is 3.85. The van der Waals surface area contributed by atoms with Gasteiger partial charge in [0.05, 0.1) is 5.69 Å². The Morgan fingerprint density at radius 2 is 2.09 bits per heavy atom. The van der Waals surface area contributed by atoms with E-state index in [9.17, 15) is 4.39 Å². The third-order valence-corrected chi connectivity index (χ3v) is 1.42. The molecule has 2 nitrogen and oxygen atoms in total. The molecule has 0 unspecified atom stereocenters. The number of nitrogens with two attached hydrogens (primary N) is 1. The second-order valence-corrected chi connectivity index (χ2v) is 2.06. The zero-order valence-electron chi connectivity index (χ0n) is 6.07. The Hall–Kier alpha value is -0.800. The van der Waals surface area contributed by atoms with Gasteiger partial charge in [-0.15, -0.1) is 0 Å². The van der Waals surface area contributed by atoms with Crippen LogP contribution in [0.4, 0.5) is 10.1 Å². The molecule has 0 saturated heterocycles. The van der Waals surface area contributed by atoms with Crippen molar-refractivity contribution < 1.29 is 16.8 Å². The normalized spacial score (nSPS) is 8.64. The van der Waals surface area contributed by atoms with Crippen LogP contribution in [0.15, 0.2) is 18.2 Å². The molecule has 0 fully saturated rings. The summed E-state index contributed by atoms with van der Waals surface area (Å²) in [5, 5.41) is 0. The van der Waals surface area contributed by atoms with E-state index < -0.39 is 0 Å². The second-order valence-electron chi connectivity index (χ2n) is 2.06. The minimum atomic E-state index is -0.240. The van der Waals surface area contributed by atoms with Crippen LogP contribution in [-0.2, 0) is 0 Å². The van der Waals surface area contributed by atoms with Crippen molar-refractivity contribution in [1.82, 2.24) is 0 Å². The molecular weight excluding hydrogens is 167 g/mol. The first-order valence-electron chi connectivity index (χ1n) is 2.97. The fourth-order valence-corrected chi connectivity index (χ4v) is 0.764. The lowest BCUT2D eigenvalue weighted by molar-refractivity contribution is -0.00000275. The van der Waals surface area contributed by atoms with E-state index in [-0.39, 0.29) is 18.2 Å². The molecule has 0 aliphatic heterocycles. The molecule has 0 spiro atoms. The third kappa shape index (κ3) is 2.06. The van der Waals surface area contributed by atoms with Gasteiger partial charge in [-0.25, -0.2) is 4.39 Å². The zero-order chi connectivity index (χ0) is 7.56. The van der Waals surface area contributed by atoms with E-state index in [2.05, 4.69) is 5.43 Å². The monoisotopic (exact) mass is 175 g/mol. The third-order valence-electron chi connectivity index (χ3n) is 1.42. The molecule has 1 aromatic carbocycles. The van der Waals surface area contributed by atoms with Gasteiger partial charge in [-0.3, -0.25) is 5.84 Å². The van der Waals surface area contributed by atoms with Crippen molar-refractivity contribution in [3.05, 3.63) is 29.6 Å². The molecule has 0 aliphatic carbocycles. The quantitative estimate of drug-likeness (QED) is 0.400. The number of hydrogen-bond acceptors (Lipinski definition) is 2. The summed E-state index contributed by atoms with van der Waals surface area (Å²) in [6.45, 7) is 1.67. The van der Waals surface area contributed by atoms with Gasteiger partial charge >= 0.3 is 0 Å². The molecule has 0 amide bonds. The van der Waals surface area contributed by atoms with Crippen molar-refractivity contribution in [2.75, 3.05) is 5.43 Å². The maximum atomic E-state index is 12.7. The first-order valence-corrected chi connectivity index (χ1v) is 2.97. The van der Waals surface area contributed by atoms with Crippen molar-refractivity contribution in [1.29, 1.82) is 0 Å². The highest BCUT2D eigenvalue weighted by Gasteiger charge is 1.99. The van der Waals surface area contributed by atoms with Crippen molar-refractivity contribution >= 4 is 5.69 Å². The highest BCUT2D eigenvalue weighted by molar-refractivity contribution is 5.49. The van der Waals surface area contributed by atoms with Crippen molar-refractivity contribution in [3.63, 3.8) is 0 Å². The number of nitrogen functional groups attached to an aromatic ring is 1. The van der Waals surface area contributed by atoms with Crippen LogP contribution in [0.3, 0.4) is 0 Å². The molecule has 0 atom stereocenters. The Morgan fingerprint density at radius 1 is 1.45 bits per heavy atom. The van der Waals surface area contributed by atoms with Gasteiger partial charge in [0, 0.05) is 5.56 Å². The number of benzene rings is 1. The second kappa shape index (κ2) is 4.16. The fourth-order valence-electron chi connectivity index (χ4n) is 0.764. The van der Waals surface area contributed by atoms with E-state index >= 15 is 0 Å². The van der Waals surface area contributed by atoms with Gasteiger partial charge in [-0.2, -0.15) is 0 Å². The molecule has 0 radical (unpaired) electrons. The first-order chi connectivity index (χ1) is 4.75. The van der Waals surface area contributed by atoms with E-state index in [1.54, 1.807) is 19.1 Å². The van der Waals surface area contributed by atoms with Crippen molar-refractivity contribution in [3.8, 4) is 0 Å². The van der Waals surface area contributed by atoms with Gasteiger partial charge in [0.15, 0.2) is 0 Å². The lowest BCUT2D eigenvalue weighted by atomic mass is 10.2. The van der Waals surface area contributed by atoms with Crippen LogP contribution in [0.2, 0.25) is 0 Å². The van der Waals surface area contributed by atoms with Gasteiger partial charge in [0.2, 0.25) is 0 Å². The molecule has 4 heteroatoms. The Bertz CT molecular complexity index is 240. The summed E-state index contributed by atoms with van der Waals surface area (Å²) < 4.78 is 12.7. The molecule has 1 aromatic rings. The molecular formula is C7H9ClFN2-. The van der Waals surface area contributed by atoms with Gasteiger partial charge < -0.3 is 17.8 Å². The SMILES string of the molecule is Cc1c(F)cccc1NN.[Cl-]. The van der Waals surface area contributed by atoms with E-state index in [4.69, 9.17) is 5.84 Å². The van der Waals surface area contributed by atoms with Crippen molar-refractivity contribution in [2.24, 2.45) is 5.84 Å². The number of hydrogen-bond donors (Lipinski definition) is 2. The molecule has 3 N–H and O–H groups in total. The fraction of sp³-hybridized carbons (Fsp3) is 0.143. The molecule has 0 aromatic heterocycles. The molecule has 0 aliphatic rings. The Morgan fingerprint density at radius 3 is 2.55 bits per heavy atom. The molecule has 62 valence electrons. The average molecular weight is 176 g/mol. The first kappa shape index (κ1) is 10.2. The summed E-state index contributed by atoms with van der Waals surface area (Å²) in [7, 11) is 0. The largest absolute Gasteiger partial charge is 1.00 e. The lowest BCUT2D eigenvalue weighted by Crippen LogP contribution is -3.00. The van der Waals surface area contributed by atoms with E-state index in [1.807, 2.05) is 0 Å². The number of halogens is 2. The van der Waals surface area contributed by atoms with Crippen LogP contribution in [0.25, 0.3) is 0 Å². The molecule has 1 rings (SSSR count). The summed E-state index contributed by atoms with van der Waals surface area (Å²) in [4.78, 5) is 0. The molecule has 0 heterocycles. The van der Waals surface area contributed by atoms with Crippen LogP contribution >= 0.6 is 0 Å².